The lowest BCUT2D eigenvalue weighted by molar-refractivity contribution is -0.186. The number of phenolic OH excluding ortho intramolecular Hbond substituents is 1. The van der Waals surface area contributed by atoms with Crippen LogP contribution in [0.4, 0.5) is 23.5 Å². The zero-order valence-electron chi connectivity index (χ0n) is 23.1. The number of amides is 1. The van der Waals surface area contributed by atoms with E-state index < -0.39 is 29.5 Å². The molecule has 4 aromatic rings. The Bertz CT molecular complexity index is 1740. The van der Waals surface area contributed by atoms with Crippen LogP contribution in [0, 0.1) is 5.82 Å². The van der Waals surface area contributed by atoms with Gasteiger partial charge in [0.05, 0.1) is 17.7 Å². The molecule has 5 rings (SSSR count). The van der Waals surface area contributed by atoms with E-state index in [1.807, 2.05) is 0 Å². The van der Waals surface area contributed by atoms with Crippen molar-refractivity contribution >= 4 is 22.8 Å². The van der Waals surface area contributed by atoms with Crippen LogP contribution in [0.1, 0.15) is 19.8 Å². The van der Waals surface area contributed by atoms with Crippen LogP contribution in [0.3, 0.4) is 0 Å². The summed E-state index contributed by atoms with van der Waals surface area (Å²) in [5, 5.41) is 13.7. The largest absolute Gasteiger partial charge is 0.504 e. The smallest absolute Gasteiger partial charge is 0.471 e. The van der Waals surface area contributed by atoms with Gasteiger partial charge in [0.1, 0.15) is 5.75 Å². The number of alkyl halides is 3. The minimum Gasteiger partial charge on any atom is -0.504 e. The first-order valence-electron chi connectivity index (χ1n) is 13.4. The molecule has 43 heavy (non-hydrogen) atoms. The summed E-state index contributed by atoms with van der Waals surface area (Å²) in [6.45, 7) is 1.92. The first kappa shape index (κ1) is 29.6. The predicted octanol–water partition coefficient (Wildman–Crippen LogP) is 5.00. The SMILES string of the molecule is CCOc1cc2nccc(Oc3ccc(-c4cnc(NC5CCCN(C(=O)C(F)(F)F)C5)n(C)c4=O)cc3F)c2cc1O. The number of nitrogens with zero attached hydrogens (tertiary/aromatic N) is 4. The second kappa shape index (κ2) is 11.8. The van der Waals surface area contributed by atoms with Gasteiger partial charge in [-0.15, -0.1) is 0 Å². The number of benzene rings is 2. The number of pyridine rings is 1. The molecule has 226 valence electrons. The van der Waals surface area contributed by atoms with E-state index in [1.165, 1.54) is 48.3 Å². The quantitative estimate of drug-likeness (QED) is 0.285. The van der Waals surface area contributed by atoms with Crippen molar-refractivity contribution in [2.75, 3.05) is 25.0 Å². The lowest BCUT2D eigenvalue weighted by Gasteiger charge is -2.33. The van der Waals surface area contributed by atoms with Gasteiger partial charge < -0.3 is 24.8 Å². The molecule has 14 heteroatoms. The molecule has 0 aliphatic carbocycles. The second-order valence-electron chi connectivity index (χ2n) is 9.92. The van der Waals surface area contributed by atoms with Gasteiger partial charge in [-0.1, -0.05) is 6.07 Å². The maximum atomic E-state index is 15.2. The van der Waals surface area contributed by atoms with Crippen LogP contribution >= 0.6 is 0 Å². The Balaban J connectivity index is 1.35. The maximum absolute atomic E-state index is 15.2. The van der Waals surface area contributed by atoms with Gasteiger partial charge in [-0.2, -0.15) is 13.2 Å². The van der Waals surface area contributed by atoms with Crippen molar-refractivity contribution in [1.29, 1.82) is 0 Å². The highest BCUT2D eigenvalue weighted by Gasteiger charge is 2.43. The van der Waals surface area contributed by atoms with Crippen LogP contribution in [0.2, 0.25) is 0 Å². The Morgan fingerprint density at radius 3 is 2.65 bits per heavy atom. The zero-order chi connectivity index (χ0) is 30.9. The second-order valence-corrected chi connectivity index (χ2v) is 9.92. The highest BCUT2D eigenvalue weighted by Crippen LogP contribution is 2.37. The molecule has 0 saturated carbocycles. The lowest BCUT2D eigenvalue weighted by atomic mass is 10.1. The lowest BCUT2D eigenvalue weighted by Crippen LogP contribution is -2.50. The molecule has 0 spiro atoms. The molecular formula is C29H27F4N5O5. The average molecular weight is 602 g/mol. The third kappa shape index (κ3) is 6.17. The standard InChI is InChI=1S/C29H27F4N5O5/c1-3-42-25-13-21-18(12-22(25)39)23(8-9-34-21)43-24-7-6-16(11-20(24)30)19-14-35-28(37(2)26(19)40)36-17-5-4-10-38(15-17)27(41)29(31,32)33/h6-9,11-14,17,39H,3-5,10,15H2,1-2H3,(H,35,36). The molecule has 2 aromatic heterocycles. The highest BCUT2D eigenvalue weighted by molar-refractivity contribution is 5.88. The van der Waals surface area contributed by atoms with Crippen LogP contribution in [-0.4, -0.2) is 62.4 Å². The van der Waals surface area contributed by atoms with Crippen molar-refractivity contribution in [3.63, 3.8) is 0 Å². The maximum Gasteiger partial charge on any atom is 0.471 e. The molecule has 10 nitrogen and oxygen atoms in total. The Morgan fingerprint density at radius 2 is 1.93 bits per heavy atom. The summed E-state index contributed by atoms with van der Waals surface area (Å²) in [7, 11) is 1.43. The molecule has 0 bridgehead atoms. The fourth-order valence-electron chi connectivity index (χ4n) is 4.88. The Morgan fingerprint density at radius 1 is 1.14 bits per heavy atom. The molecule has 1 unspecified atom stereocenters. The number of hydrogen-bond donors (Lipinski definition) is 2. The zero-order valence-corrected chi connectivity index (χ0v) is 23.1. The molecule has 0 radical (unpaired) electrons. The summed E-state index contributed by atoms with van der Waals surface area (Å²) >= 11 is 0. The number of fused-ring (bicyclic) bond motifs is 1. The van der Waals surface area contributed by atoms with Crippen molar-refractivity contribution in [1.82, 2.24) is 19.4 Å². The third-order valence-corrected chi connectivity index (χ3v) is 7.00. The van der Waals surface area contributed by atoms with Gasteiger partial charge in [0.15, 0.2) is 23.1 Å². The fourth-order valence-corrected chi connectivity index (χ4v) is 4.88. The van der Waals surface area contributed by atoms with Crippen LogP contribution in [0.15, 0.2) is 53.6 Å². The van der Waals surface area contributed by atoms with Crippen molar-refractivity contribution in [3.05, 3.63) is 65.0 Å². The van der Waals surface area contributed by atoms with Gasteiger partial charge in [0.25, 0.3) is 5.56 Å². The topological polar surface area (TPSA) is 119 Å². The number of carbonyl (C=O) groups excluding carboxylic acids is 1. The fraction of sp³-hybridized carbons (Fsp3) is 0.310. The third-order valence-electron chi connectivity index (χ3n) is 7.00. The summed E-state index contributed by atoms with van der Waals surface area (Å²) in [5.74, 6) is -2.34. The van der Waals surface area contributed by atoms with E-state index in [-0.39, 0.29) is 53.2 Å². The molecule has 1 aliphatic rings. The van der Waals surface area contributed by atoms with Gasteiger partial charge in [-0.25, -0.2) is 9.37 Å². The van der Waals surface area contributed by atoms with E-state index in [1.54, 1.807) is 13.0 Å². The molecule has 1 aliphatic heterocycles. The molecule has 1 atom stereocenters. The van der Waals surface area contributed by atoms with Gasteiger partial charge in [0, 0.05) is 50.0 Å². The molecule has 1 amide bonds. The number of hydrogen-bond acceptors (Lipinski definition) is 8. The Kier molecular flexibility index (Phi) is 8.11. The predicted molar refractivity (Wildman–Crippen MR) is 149 cm³/mol. The Labute approximate surface area is 242 Å². The number of aromatic hydroxyl groups is 1. The van der Waals surface area contributed by atoms with Gasteiger partial charge >= 0.3 is 12.1 Å². The molecule has 2 aromatic carbocycles. The molecule has 1 saturated heterocycles. The number of phenols is 1. The first-order chi connectivity index (χ1) is 20.5. The van der Waals surface area contributed by atoms with Crippen molar-refractivity contribution in [2.24, 2.45) is 7.05 Å². The van der Waals surface area contributed by atoms with Crippen molar-refractivity contribution < 1.29 is 36.9 Å². The summed E-state index contributed by atoms with van der Waals surface area (Å²) in [5.41, 5.74) is 0.249. The number of rotatable bonds is 7. The number of nitrogens with one attached hydrogen (secondary N) is 1. The molecule has 2 N–H and O–H groups in total. The number of aromatic nitrogens is 3. The molecule has 3 heterocycles. The van der Waals surface area contributed by atoms with Crippen LogP contribution in [-0.2, 0) is 11.8 Å². The van der Waals surface area contributed by atoms with Crippen molar-refractivity contribution in [2.45, 2.75) is 32.0 Å². The van der Waals surface area contributed by atoms with Crippen LogP contribution < -0.4 is 20.3 Å². The van der Waals surface area contributed by atoms with Crippen LogP contribution in [0.25, 0.3) is 22.0 Å². The summed E-state index contributed by atoms with van der Waals surface area (Å²) < 4.78 is 66.2. The molecular weight excluding hydrogens is 574 g/mol. The molecule has 1 fully saturated rings. The minimum absolute atomic E-state index is 0.0121. The van der Waals surface area contributed by atoms with E-state index in [4.69, 9.17) is 9.47 Å². The summed E-state index contributed by atoms with van der Waals surface area (Å²) in [6.07, 6.45) is -1.42. The summed E-state index contributed by atoms with van der Waals surface area (Å²) in [4.78, 5) is 34.0. The number of carbonyl (C=O) groups is 1. The summed E-state index contributed by atoms with van der Waals surface area (Å²) in [6, 6.07) is 7.90. The number of anilines is 1. The Hall–Kier alpha value is -4.88. The monoisotopic (exact) mass is 601 g/mol. The number of halogens is 4. The van der Waals surface area contributed by atoms with E-state index in [9.17, 15) is 27.9 Å². The van der Waals surface area contributed by atoms with Crippen LogP contribution in [0.5, 0.6) is 23.0 Å². The average Bonchev–Trinajstić information content (AvgIpc) is 2.97. The first-order valence-corrected chi connectivity index (χ1v) is 13.4. The van der Waals surface area contributed by atoms with Crippen molar-refractivity contribution in [3.8, 4) is 34.1 Å². The number of piperidine rings is 1. The van der Waals surface area contributed by atoms with E-state index in [0.717, 1.165) is 11.0 Å². The van der Waals surface area contributed by atoms with Gasteiger partial charge in [-0.3, -0.25) is 19.1 Å². The normalized spacial score (nSPS) is 15.4. The van der Waals surface area contributed by atoms with E-state index >= 15 is 4.39 Å². The minimum atomic E-state index is -4.96. The van der Waals surface area contributed by atoms with Gasteiger partial charge in [-0.05, 0) is 49.6 Å². The highest BCUT2D eigenvalue weighted by atomic mass is 19.4. The van der Waals surface area contributed by atoms with E-state index in [0.29, 0.717) is 30.4 Å². The number of likely N-dealkylation sites (tertiary alicyclic amines) is 1. The van der Waals surface area contributed by atoms with E-state index in [2.05, 4.69) is 15.3 Å². The van der Waals surface area contributed by atoms with Gasteiger partial charge in [0.2, 0.25) is 5.95 Å². The number of ether oxygens (including phenoxy) is 2.